The minimum absolute atomic E-state index is 0.0910. The summed E-state index contributed by atoms with van der Waals surface area (Å²) in [6.45, 7) is 4.65. The zero-order chi connectivity index (χ0) is 16.2. The molecule has 1 aromatic rings. The number of amides is 1. The molecule has 23 heavy (non-hydrogen) atoms. The number of aliphatic hydroxyl groups is 1. The zero-order valence-electron chi connectivity index (χ0n) is 13.7. The van der Waals surface area contributed by atoms with Gasteiger partial charge in [-0.05, 0) is 25.3 Å². The Balaban J connectivity index is 1.49. The number of nitrogens with one attached hydrogen (secondary N) is 1. The number of benzene rings is 1. The number of morpholine rings is 1. The first-order valence-electron chi connectivity index (χ1n) is 8.45. The fourth-order valence-corrected chi connectivity index (χ4v) is 3.65. The summed E-state index contributed by atoms with van der Waals surface area (Å²) in [5.74, 6) is 0.0910. The first-order chi connectivity index (χ1) is 11.1. The van der Waals surface area contributed by atoms with Crippen LogP contribution in [-0.2, 0) is 16.0 Å². The van der Waals surface area contributed by atoms with Crippen LogP contribution >= 0.6 is 0 Å². The van der Waals surface area contributed by atoms with Gasteiger partial charge in [0.2, 0.25) is 5.91 Å². The molecule has 0 spiro atoms. The third kappa shape index (κ3) is 4.31. The van der Waals surface area contributed by atoms with Crippen molar-refractivity contribution >= 4 is 5.91 Å². The van der Waals surface area contributed by atoms with Gasteiger partial charge in [0.05, 0.1) is 19.1 Å². The van der Waals surface area contributed by atoms with Gasteiger partial charge in [0.1, 0.15) is 0 Å². The van der Waals surface area contributed by atoms with Crippen molar-refractivity contribution < 1.29 is 14.6 Å². The van der Waals surface area contributed by atoms with E-state index in [1.54, 1.807) is 0 Å². The molecule has 0 unspecified atom stereocenters. The number of carbonyl (C=O) groups excluding carboxylic acids is 1. The summed E-state index contributed by atoms with van der Waals surface area (Å²) in [6.07, 6.45) is 2.20. The molecule has 1 aromatic carbocycles. The predicted molar refractivity (Wildman–Crippen MR) is 88.2 cm³/mol. The number of aliphatic hydroxyl groups excluding tert-OH is 1. The highest BCUT2D eigenvalue weighted by Crippen LogP contribution is 2.24. The first-order valence-corrected chi connectivity index (χ1v) is 8.45. The number of carbonyl (C=O) groups is 1. The molecule has 0 aliphatic carbocycles. The van der Waals surface area contributed by atoms with Crippen molar-refractivity contribution in [3.05, 3.63) is 35.4 Å². The summed E-state index contributed by atoms with van der Waals surface area (Å²) in [7, 11) is 0. The Bertz CT molecular complexity index is 549. The van der Waals surface area contributed by atoms with Crippen LogP contribution in [0, 0.1) is 6.92 Å². The summed E-state index contributed by atoms with van der Waals surface area (Å²) in [5, 5.41) is 12.2. The molecule has 2 heterocycles. The maximum absolute atomic E-state index is 12.3. The van der Waals surface area contributed by atoms with E-state index in [0.29, 0.717) is 25.5 Å². The average molecular weight is 318 g/mol. The molecule has 5 heteroatoms. The standard InChI is InChI=1S/C18H26N2O3/c1-13-3-2-4-14(7-13)8-18(22)19-15-9-16-12-23-17(5-6-21)11-20(16)10-15/h2-4,7,15-17,21H,5-6,8-12H2,1H3,(H,19,22)/t15-,16+,17+/m1/s1. The summed E-state index contributed by atoms with van der Waals surface area (Å²) in [5.41, 5.74) is 2.24. The average Bonchev–Trinajstić information content (AvgIpc) is 2.88. The normalized spacial score (nSPS) is 27.7. The van der Waals surface area contributed by atoms with Crippen LogP contribution < -0.4 is 5.32 Å². The van der Waals surface area contributed by atoms with Crippen molar-refractivity contribution in [1.82, 2.24) is 10.2 Å². The van der Waals surface area contributed by atoms with Gasteiger partial charge in [0.25, 0.3) is 0 Å². The van der Waals surface area contributed by atoms with E-state index in [1.165, 1.54) is 5.56 Å². The van der Waals surface area contributed by atoms with Crippen molar-refractivity contribution in [1.29, 1.82) is 0 Å². The number of fused-ring (bicyclic) bond motifs is 1. The van der Waals surface area contributed by atoms with Crippen LogP contribution in [0.1, 0.15) is 24.0 Å². The number of hydrogen-bond acceptors (Lipinski definition) is 4. The topological polar surface area (TPSA) is 61.8 Å². The number of aryl methyl sites for hydroxylation is 1. The quantitative estimate of drug-likeness (QED) is 0.846. The van der Waals surface area contributed by atoms with E-state index in [9.17, 15) is 4.79 Å². The summed E-state index contributed by atoms with van der Waals surface area (Å²) in [6, 6.07) is 8.69. The number of nitrogens with zero attached hydrogens (tertiary/aromatic N) is 1. The van der Waals surface area contributed by atoms with Crippen molar-refractivity contribution in [3.63, 3.8) is 0 Å². The number of ether oxygens (including phenoxy) is 1. The molecule has 2 saturated heterocycles. The molecule has 2 N–H and O–H groups in total. The molecule has 5 nitrogen and oxygen atoms in total. The Labute approximate surface area is 137 Å². The fraction of sp³-hybridized carbons (Fsp3) is 0.611. The van der Waals surface area contributed by atoms with Gasteiger partial charge < -0.3 is 15.2 Å². The lowest BCUT2D eigenvalue weighted by Crippen LogP contribution is -2.46. The van der Waals surface area contributed by atoms with Gasteiger partial charge in [-0.25, -0.2) is 0 Å². The Morgan fingerprint density at radius 2 is 2.30 bits per heavy atom. The fourth-order valence-electron chi connectivity index (χ4n) is 3.65. The molecule has 2 aliphatic heterocycles. The van der Waals surface area contributed by atoms with Gasteiger partial charge in [0, 0.05) is 31.8 Å². The summed E-state index contributed by atoms with van der Waals surface area (Å²) < 4.78 is 5.78. The van der Waals surface area contributed by atoms with Crippen molar-refractivity contribution in [2.45, 2.75) is 44.4 Å². The molecular formula is C18H26N2O3. The zero-order valence-corrected chi connectivity index (χ0v) is 13.7. The molecule has 3 rings (SSSR count). The Hall–Kier alpha value is -1.43. The van der Waals surface area contributed by atoms with E-state index < -0.39 is 0 Å². The Kier molecular flexibility index (Phi) is 5.30. The Morgan fingerprint density at radius 1 is 1.43 bits per heavy atom. The van der Waals surface area contributed by atoms with Gasteiger partial charge in [0.15, 0.2) is 0 Å². The van der Waals surface area contributed by atoms with E-state index in [2.05, 4.69) is 16.3 Å². The lowest BCUT2D eigenvalue weighted by molar-refractivity contribution is -0.121. The molecule has 0 aromatic heterocycles. The van der Waals surface area contributed by atoms with Crippen LogP contribution in [0.15, 0.2) is 24.3 Å². The third-order valence-corrected chi connectivity index (χ3v) is 4.75. The number of hydrogen-bond donors (Lipinski definition) is 2. The van der Waals surface area contributed by atoms with E-state index in [1.807, 2.05) is 25.1 Å². The highest BCUT2D eigenvalue weighted by molar-refractivity contribution is 5.79. The van der Waals surface area contributed by atoms with Crippen LogP contribution in [-0.4, -0.2) is 60.4 Å². The van der Waals surface area contributed by atoms with Gasteiger partial charge in [-0.2, -0.15) is 0 Å². The van der Waals surface area contributed by atoms with E-state index in [0.717, 1.165) is 25.1 Å². The van der Waals surface area contributed by atoms with Crippen LogP contribution in [0.5, 0.6) is 0 Å². The van der Waals surface area contributed by atoms with Gasteiger partial charge in [-0.1, -0.05) is 29.8 Å². The highest BCUT2D eigenvalue weighted by atomic mass is 16.5. The largest absolute Gasteiger partial charge is 0.396 e. The molecule has 1 amide bonds. The van der Waals surface area contributed by atoms with Crippen LogP contribution in [0.3, 0.4) is 0 Å². The van der Waals surface area contributed by atoms with Gasteiger partial charge in [-0.3, -0.25) is 9.69 Å². The highest BCUT2D eigenvalue weighted by Gasteiger charge is 2.37. The molecule has 2 aliphatic rings. The first kappa shape index (κ1) is 16.4. The maximum atomic E-state index is 12.3. The van der Waals surface area contributed by atoms with Crippen molar-refractivity contribution in [2.75, 3.05) is 26.3 Å². The van der Waals surface area contributed by atoms with Gasteiger partial charge in [-0.15, -0.1) is 0 Å². The van der Waals surface area contributed by atoms with Crippen molar-refractivity contribution in [2.24, 2.45) is 0 Å². The van der Waals surface area contributed by atoms with Crippen LogP contribution in [0.2, 0.25) is 0 Å². The van der Waals surface area contributed by atoms with Crippen LogP contribution in [0.25, 0.3) is 0 Å². The lowest BCUT2D eigenvalue weighted by Gasteiger charge is -2.34. The molecular weight excluding hydrogens is 292 g/mol. The predicted octanol–water partition coefficient (Wildman–Crippen LogP) is 0.878. The number of rotatable bonds is 5. The SMILES string of the molecule is Cc1cccc(CC(=O)N[C@@H]2C[C@H]3CO[C@@H](CCO)CN3C2)c1. The van der Waals surface area contributed by atoms with E-state index in [4.69, 9.17) is 9.84 Å². The smallest absolute Gasteiger partial charge is 0.224 e. The lowest BCUT2D eigenvalue weighted by atomic mass is 10.1. The Morgan fingerprint density at radius 3 is 3.09 bits per heavy atom. The molecule has 0 bridgehead atoms. The molecule has 0 radical (unpaired) electrons. The third-order valence-electron chi connectivity index (χ3n) is 4.75. The van der Waals surface area contributed by atoms with Gasteiger partial charge >= 0.3 is 0 Å². The second-order valence-electron chi connectivity index (χ2n) is 6.74. The minimum atomic E-state index is 0.0910. The summed E-state index contributed by atoms with van der Waals surface area (Å²) >= 11 is 0. The minimum Gasteiger partial charge on any atom is -0.396 e. The molecule has 0 saturated carbocycles. The van der Waals surface area contributed by atoms with E-state index >= 15 is 0 Å². The monoisotopic (exact) mass is 318 g/mol. The maximum Gasteiger partial charge on any atom is 0.224 e. The van der Waals surface area contributed by atoms with E-state index in [-0.39, 0.29) is 24.7 Å². The van der Waals surface area contributed by atoms with Crippen molar-refractivity contribution in [3.8, 4) is 0 Å². The molecule has 3 atom stereocenters. The molecule has 126 valence electrons. The second kappa shape index (κ2) is 7.43. The summed E-state index contributed by atoms with van der Waals surface area (Å²) in [4.78, 5) is 14.6. The van der Waals surface area contributed by atoms with Crippen LogP contribution in [0.4, 0.5) is 0 Å². The second-order valence-corrected chi connectivity index (χ2v) is 6.74. The molecule has 2 fully saturated rings.